The second-order valence-electron chi connectivity index (χ2n) is 9.42. The zero-order valence-corrected chi connectivity index (χ0v) is 21.3. The Balaban J connectivity index is 1.43. The van der Waals surface area contributed by atoms with Crippen LogP contribution in [0.1, 0.15) is 27.0 Å². The van der Waals surface area contributed by atoms with Gasteiger partial charge in [-0.3, -0.25) is 9.69 Å². The quantitative estimate of drug-likeness (QED) is 0.426. The van der Waals surface area contributed by atoms with Gasteiger partial charge in [0.2, 0.25) is 5.95 Å². The Kier molecular flexibility index (Phi) is 7.50. The van der Waals surface area contributed by atoms with Gasteiger partial charge < -0.3 is 30.7 Å². The van der Waals surface area contributed by atoms with Crippen molar-refractivity contribution in [2.45, 2.75) is 19.5 Å². The fraction of sp³-hybridized carbons (Fsp3) is 0.370. The van der Waals surface area contributed by atoms with Crippen molar-refractivity contribution in [3.63, 3.8) is 0 Å². The van der Waals surface area contributed by atoms with Gasteiger partial charge in [0.25, 0.3) is 5.91 Å². The summed E-state index contributed by atoms with van der Waals surface area (Å²) >= 11 is 0. The van der Waals surface area contributed by atoms with E-state index in [1.807, 2.05) is 18.2 Å². The number of fused-ring (bicyclic) bond motifs is 1. The van der Waals surface area contributed by atoms with Crippen LogP contribution >= 0.6 is 0 Å². The smallest absolute Gasteiger partial charge is 0.254 e. The van der Waals surface area contributed by atoms with Gasteiger partial charge in [-0.25, -0.2) is 4.98 Å². The predicted octanol–water partition coefficient (Wildman–Crippen LogP) is 2.89. The summed E-state index contributed by atoms with van der Waals surface area (Å²) in [6.07, 6.45) is 2.42. The van der Waals surface area contributed by atoms with Gasteiger partial charge in [-0.05, 0) is 48.4 Å². The third-order valence-electron chi connectivity index (χ3n) is 6.79. The van der Waals surface area contributed by atoms with Crippen LogP contribution in [-0.2, 0) is 24.2 Å². The highest BCUT2D eigenvalue weighted by atomic mass is 16.5. The number of ether oxygens (including phenoxy) is 2. The molecule has 10 nitrogen and oxygen atoms in total. The Hall–Kier alpha value is -3.73. The standard InChI is InChI=1S/C27H33N7O3/c1-33-8-7-18-14-24(36-2)23(13-20(18)16-33)31-27-29-15-21(25(28)35)26(32-27)30-22-6-4-3-5-19(22)17-34-9-11-37-12-10-34/h3-6,13-15H,7-12,16-17H2,1-2H3,(H2,28,35)(H2,29,30,31,32). The molecule has 2 aliphatic heterocycles. The Bertz CT molecular complexity index is 1280. The van der Waals surface area contributed by atoms with Crippen LogP contribution in [0.3, 0.4) is 0 Å². The SMILES string of the molecule is COc1cc2c(cc1Nc1ncc(C(N)=O)c(Nc3ccccc3CN3CCOCC3)n1)CN(C)CC2. The molecule has 194 valence electrons. The molecule has 1 amide bonds. The average molecular weight is 504 g/mol. The average Bonchev–Trinajstić information content (AvgIpc) is 2.90. The Morgan fingerprint density at radius 3 is 2.70 bits per heavy atom. The molecule has 1 fully saturated rings. The molecule has 0 radical (unpaired) electrons. The minimum absolute atomic E-state index is 0.214. The van der Waals surface area contributed by atoms with E-state index in [0.29, 0.717) is 11.8 Å². The number of nitrogens with two attached hydrogens (primary N) is 1. The van der Waals surface area contributed by atoms with E-state index in [-0.39, 0.29) is 5.56 Å². The number of para-hydroxylation sites is 1. The molecule has 0 atom stereocenters. The van der Waals surface area contributed by atoms with Gasteiger partial charge in [-0.15, -0.1) is 0 Å². The normalized spacial score (nSPS) is 16.2. The lowest BCUT2D eigenvalue weighted by molar-refractivity contribution is 0.0343. The fourth-order valence-electron chi connectivity index (χ4n) is 4.74. The molecule has 1 saturated heterocycles. The van der Waals surface area contributed by atoms with E-state index in [1.165, 1.54) is 17.3 Å². The van der Waals surface area contributed by atoms with E-state index in [0.717, 1.165) is 75.0 Å². The van der Waals surface area contributed by atoms with Crippen LogP contribution in [0.5, 0.6) is 5.75 Å². The van der Waals surface area contributed by atoms with Crippen LogP contribution in [0.2, 0.25) is 0 Å². The van der Waals surface area contributed by atoms with Gasteiger partial charge in [-0.1, -0.05) is 18.2 Å². The van der Waals surface area contributed by atoms with E-state index < -0.39 is 5.91 Å². The molecule has 0 aliphatic carbocycles. The number of rotatable bonds is 8. The highest BCUT2D eigenvalue weighted by Crippen LogP contribution is 2.33. The second-order valence-corrected chi connectivity index (χ2v) is 9.42. The predicted molar refractivity (Wildman–Crippen MR) is 143 cm³/mol. The highest BCUT2D eigenvalue weighted by Gasteiger charge is 2.19. The third kappa shape index (κ3) is 5.82. The Labute approximate surface area is 216 Å². The van der Waals surface area contributed by atoms with Crippen LogP contribution in [0, 0.1) is 0 Å². The van der Waals surface area contributed by atoms with Crippen molar-refractivity contribution in [1.29, 1.82) is 0 Å². The number of morpholine rings is 1. The molecule has 3 aromatic rings. The summed E-state index contributed by atoms with van der Waals surface area (Å²) in [6.45, 7) is 5.84. The van der Waals surface area contributed by atoms with Gasteiger partial charge in [0.1, 0.15) is 17.1 Å². The molecule has 4 N–H and O–H groups in total. The summed E-state index contributed by atoms with van der Waals surface area (Å²) in [5.41, 5.74) is 11.1. The van der Waals surface area contributed by atoms with Crippen molar-refractivity contribution in [2.24, 2.45) is 5.73 Å². The van der Waals surface area contributed by atoms with Crippen LogP contribution in [0.4, 0.5) is 23.1 Å². The van der Waals surface area contributed by atoms with E-state index in [1.54, 1.807) is 7.11 Å². The molecule has 10 heteroatoms. The monoisotopic (exact) mass is 503 g/mol. The molecule has 0 unspecified atom stereocenters. The van der Waals surface area contributed by atoms with Crippen molar-refractivity contribution in [3.8, 4) is 5.75 Å². The summed E-state index contributed by atoms with van der Waals surface area (Å²) in [5.74, 6) is 0.794. The number of benzene rings is 2. The number of likely N-dealkylation sites (N-methyl/N-ethyl adjacent to an activating group) is 1. The number of aromatic nitrogens is 2. The zero-order chi connectivity index (χ0) is 25.8. The lowest BCUT2D eigenvalue weighted by atomic mass is 9.99. The van der Waals surface area contributed by atoms with Gasteiger partial charge in [0.15, 0.2) is 0 Å². The molecular weight excluding hydrogens is 470 g/mol. The molecule has 1 aromatic heterocycles. The summed E-state index contributed by atoms with van der Waals surface area (Å²) in [5, 5.41) is 6.62. The van der Waals surface area contributed by atoms with E-state index in [2.05, 4.69) is 55.6 Å². The molecule has 0 saturated carbocycles. The maximum atomic E-state index is 12.2. The topological polar surface area (TPSA) is 118 Å². The summed E-state index contributed by atoms with van der Waals surface area (Å²) in [6, 6.07) is 12.1. The largest absolute Gasteiger partial charge is 0.495 e. The first-order valence-corrected chi connectivity index (χ1v) is 12.5. The fourth-order valence-corrected chi connectivity index (χ4v) is 4.74. The van der Waals surface area contributed by atoms with Crippen molar-refractivity contribution in [3.05, 3.63) is 64.8 Å². The number of amides is 1. The molecule has 3 heterocycles. The highest BCUT2D eigenvalue weighted by molar-refractivity contribution is 5.98. The van der Waals surface area contributed by atoms with Crippen molar-refractivity contribution in [2.75, 3.05) is 57.6 Å². The first kappa shape index (κ1) is 24.9. The summed E-state index contributed by atoms with van der Waals surface area (Å²) in [4.78, 5) is 25.8. The number of hydrogen-bond acceptors (Lipinski definition) is 9. The molecule has 0 spiro atoms. The third-order valence-corrected chi connectivity index (χ3v) is 6.79. The number of primary amides is 1. The second kappa shape index (κ2) is 11.1. The Morgan fingerprint density at radius 2 is 1.92 bits per heavy atom. The number of carbonyl (C=O) groups is 1. The van der Waals surface area contributed by atoms with Crippen LogP contribution in [0.15, 0.2) is 42.6 Å². The lowest BCUT2D eigenvalue weighted by Crippen LogP contribution is -2.35. The van der Waals surface area contributed by atoms with Crippen LogP contribution < -0.4 is 21.1 Å². The van der Waals surface area contributed by atoms with E-state index in [4.69, 9.17) is 15.2 Å². The van der Waals surface area contributed by atoms with Crippen LogP contribution in [0.25, 0.3) is 0 Å². The van der Waals surface area contributed by atoms with E-state index >= 15 is 0 Å². The minimum Gasteiger partial charge on any atom is -0.495 e. The van der Waals surface area contributed by atoms with Gasteiger partial charge in [0.05, 0.1) is 26.0 Å². The molecular formula is C27H33N7O3. The first-order valence-electron chi connectivity index (χ1n) is 12.5. The maximum absolute atomic E-state index is 12.2. The Morgan fingerprint density at radius 1 is 1.11 bits per heavy atom. The number of nitrogens with one attached hydrogen (secondary N) is 2. The maximum Gasteiger partial charge on any atom is 0.254 e. The molecule has 0 bridgehead atoms. The molecule has 2 aliphatic rings. The number of anilines is 4. The number of hydrogen-bond donors (Lipinski definition) is 3. The van der Waals surface area contributed by atoms with E-state index in [9.17, 15) is 4.79 Å². The number of methoxy groups -OCH3 is 1. The van der Waals surface area contributed by atoms with Gasteiger partial charge >= 0.3 is 0 Å². The molecule has 2 aromatic carbocycles. The van der Waals surface area contributed by atoms with Crippen molar-refractivity contribution >= 4 is 29.0 Å². The summed E-state index contributed by atoms with van der Waals surface area (Å²) < 4.78 is 11.1. The first-order chi connectivity index (χ1) is 18.0. The van der Waals surface area contributed by atoms with Crippen LogP contribution in [-0.4, -0.2) is 72.7 Å². The molecule has 37 heavy (non-hydrogen) atoms. The zero-order valence-electron chi connectivity index (χ0n) is 21.3. The lowest BCUT2D eigenvalue weighted by Gasteiger charge is -2.27. The molecule has 5 rings (SSSR count). The number of nitrogens with zero attached hydrogens (tertiary/aromatic N) is 4. The van der Waals surface area contributed by atoms with Gasteiger partial charge in [0, 0.05) is 44.6 Å². The minimum atomic E-state index is -0.603. The van der Waals surface area contributed by atoms with Gasteiger partial charge in [-0.2, -0.15) is 4.98 Å². The van der Waals surface area contributed by atoms with Crippen molar-refractivity contribution in [1.82, 2.24) is 19.8 Å². The summed E-state index contributed by atoms with van der Waals surface area (Å²) in [7, 11) is 3.76. The van der Waals surface area contributed by atoms with Crippen molar-refractivity contribution < 1.29 is 14.3 Å². The number of carbonyl (C=O) groups excluding carboxylic acids is 1.